The van der Waals surface area contributed by atoms with Crippen LogP contribution in [-0.4, -0.2) is 32.6 Å². The van der Waals surface area contributed by atoms with E-state index in [2.05, 4.69) is 0 Å². The highest BCUT2D eigenvalue weighted by Crippen LogP contribution is 2.23. The van der Waals surface area contributed by atoms with Gasteiger partial charge in [-0.3, -0.25) is 9.35 Å². The van der Waals surface area contributed by atoms with Gasteiger partial charge in [0.1, 0.15) is 5.75 Å². The van der Waals surface area contributed by atoms with Crippen LogP contribution >= 0.6 is 0 Å². The molecule has 2 rings (SSSR count). The number of hydrogen-bond donors (Lipinski definition) is 1. The molecule has 98 valence electrons. The van der Waals surface area contributed by atoms with Crippen LogP contribution in [0.5, 0.6) is 5.75 Å². The summed E-state index contributed by atoms with van der Waals surface area (Å²) in [5.74, 6) is 0.730. The van der Waals surface area contributed by atoms with Crippen molar-refractivity contribution in [2.45, 2.75) is 19.4 Å². The van der Waals surface area contributed by atoms with Gasteiger partial charge >= 0.3 is 5.24 Å². The minimum atomic E-state index is -2.44. The SMILES string of the molecule is COc1ccc2c(c1)CN(C(=O)S(=O)O)CCC2. The fraction of sp³-hybridized carbons (Fsp3) is 0.417. The van der Waals surface area contributed by atoms with E-state index in [-0.39, 0.29) is 0 Å². The number of nitrogens with zero attached hydrogens (tertiary/aromatic N) is 1. The Morgan fingerprint density at radius 1 is 1.44 bits per heavy atom. The summed E-state index contributed by atoms with van der Waals surface area (Å²) < 4.78 is 24.9. The standard InChI is InChI=1S/C12H15NO4S/c1-17-11-5-4-9-3-2-6-13(8-10(9)7-11)12(14)18(15)16/h4-5,7H,2-3,6,8H2,1H3,(H,15,16). The van der Waals surface area contributed by atoms with Gasteiger partial charge < -0.3 is 9.64 Å². The lowest BCUT2D eigenvalue weighted by Gasteiger charge is -2.18. The van der Waals surface area contributed by atoms with Gasteiger partial charge in [0.05, 0.1) is 7.11 Å². The van der Waals surface area contributed by atoms with Gasteiger partial charge in [-0.25, -0.2) is 4.21 Å². The number of amides is 1. The van der Waals surface area contributed by atoms with Gasteiger partial charge in [0.25, 0.3) is 0 Å². The number of hydrogen-bond acceptors (Lipinski definition) is 3. The van der Waals surface area contributed by atoms with Crippen LogP contribution in [0, 0.1) is 0 Å². The predicted molar refractivity (Wildman–Crippen MR) is 67.9 cm³/mol. The van der Waals surface area contributed by atoms with Gasteiger partial charge in [-0.2, -0.15) is 0 Å². The van der Waals surface area contributed by atoms with Crippen LogP contribution in [0.2, 0.25) is 0 Å². The van der Waals surface area contributed by atoms with Gasteiger partial charge in [-0.1, -0.05) is 6.07 Å². The number of methoxy groups -OCH3 is 1. The van der Waals surface area contributed by atoms with Crippen molar-refractivity contribution in [1.82, 2.24) is 4.90 Å². The molecule has 0 radical (unpaired) electrons. The maximum absolute atomic E-state index is 11.6. The smallest absolute Gasteiger partial charge is 0.339 e. The zero-order chi connectivity index (χ0) is 13.1. The Balaban J connectivity index is 2.27. The van der Waals surface area contributed by atoms with Gasteiger partial charge in [0.2, 0.25) is 11.1 Å². The van der Waals surface area contributed by atoms with E-state index < -0.39 is 16.3 Å². The second kappa shape index (κ2) is 5.49. The van der Waals surface area contributed by atoms with Crippen LogP contribution in [-0.2, 0) is 24.0 Å². The van der Waals surface area contributed by atoms with E-state index in [9.17, 15) is 9.00 Å². The second-order valence-electron chi connectivity index (χ2n) is 4.17. The van der Waals surface area contributed by atoms with Crippen LogP contribution in [0.15, 0.2) is 18.2 Å². The molecule has 1 N–H and O–H groups in total. The lowest BCUT2D eigenvalue weighted by molar-refractivity contribution is 0.218. The fourth-order valence-corrected chi connectivity index (χ4v) is 2.51. The second-order valence-corrected chi connectivity index (χ2v) is 5.02. The first-order valence-corrected chi connectivity index (χ1v) is 6.78. The van der Waals surface area contributed by atoms with Crippen LogP contribution in [0.4, 0.5) is 4.79 Å². The van der Waals surface area contributed by atoms with Crippen molar-refractivity contribution in [3.8, 4) is 5.75 Å². The summed E-state index contributed by atoms with van der Waals surface area (Å²) in [4.78, 5) is 13.0. The number of ether oxygens (including phenoxy) is 1. The van der Waals surface area contributed by atoms with Gasteiger partial charge in [0, 0.05) is 13.1 Å². The van der Waals surface area contributed by atoms with E-state index in [1.54, 1.807) is 7.11 Å². The zero-order valence-corrected chi connectivity index (χ0v) is 10.9. The molecule has 1 aromatic rings. The number of rotatable bonds is 1. The molecule has 1 heterocycles. The van der Waals surface area contributed by atoms with E-state index in [0.29, 0.717) is 13.1 Å². The minimum Gasteiger partial charge on any atom is -0.497 e. The maximum Gasteiger partial charge on any atom is 0.339 e. The highest BCUT2D eigenvalue weighted by molar-refractivity contribution is 7.95. The zero-order valence-electron chi connectivity index (χ0n) is 10.1. The highest BCUT2D eigenvalue weighted by Gasteiger charge is 2.22. The lowest BCUT2D eigenvalue weighted by Crippen LogP contribution is -2.32. The first-order valence-electron chi connectivity index (χ1n) is 5.67. The van der Waals surface area contributed by atoms with E-state index >= 15 is 0 Å². The van der Waals surface area contributed by atoms with Crippen LogP contribution in [0.25, 0.3) is 0 Å². The minimum absolute atomic E-state index is 0.359. The number of carbonyl (C=O) groups excluding carboxylic acids is 1. The summed E-state index contributed by atoms with van der Waals surface area (Å²) in [5, 5.41) is -0.731. The number of benzene rings is 1. The molecule has 18 heavy (non-hydrogen) atoms. The van der Waals surface area contributed by atoms with Crippen LogP contribution in [0.1, 0.15) is 17.5 Å². The summed E-state index contributed by atoms with van der Waals surface area (Å²) >= 11 is -2.44. The Hall–Kier alpha value is -1.40. The molecule has 0 fully saturated rings. The van der Waals surface area contributed by atoms with Crippen LogP contribution in [0.3, 0.4) is 0 Å². The molecule has 1 atom stereocenters. The molecule has 0 spiro atoms. The summed E-state index contributed by atoms with van der Waals surface area (Å²) in [5.41, 5.74) is 2.14. The Labute approximate surface area is 108 Å². The molecule has 0 aromatic heterocycles. The van der Waals surface area contributed by atoms with Crippen molar-refractivity contribution in [2.75, 3.05) is 13.7 Å². The number of fused-ring (bicyclic) bond motifs is 1. The van der Waals surface area contributed by atoms with E-state index in [0.717, 1.165) is 29.7 Å². The molecule has 5 nitrogen and oxygen atoms in total. The molecule has 0 bridgehead atoms. The molecular weight excluding hydrogens is 254 g/mol. The van der Waals surface area contributed by atoms with E-state index in [1.807, 2.05) is 18.2 Å². The molecule has 1 unspecified atom stereocenters. The maximum atomic E-state index is 11.6. The summed E-state index contributed by atoms with van der Waals surface area (Å²) in [6.45, 7) is 0.861. The molecule has 1 aliphatic heterocycles. The van der Waals surface area contributed by atoms with Crippen molar-refractivity contribution in [3.63, 3.8) is 0 Å². The molecule has 0 saturated carbocycles. The summed E-state index contributed by atoms with van der Waals surface area (Å²) in [6, 6.07) is 5.75. The quantitative estimate of drug-likeness (QED) is 0.789. The van der Waals surface area contributed by atoms with Gasteiger partial charge in [-0.15, -0.1) is 0 Å². The molecule has 1 aromatic carbocycles. The first kappa shape index (κ1) is 13.0. The molecular formula is C12H15NO4S. The van der Waals surface area contributed by atoms with Crippen molar-refractivity contribution in [3.05, 3.63) is 29.3 Å². The Bertz CT molecular complexity index is 489. The van der Waals surface area contributed by atoms with Crippen molar-refractivity contribution < 1.29 is 18.3 Å². The van der Waals surface area contributed by atoms with Crippen molar-refractivity contribution >= 4 is 16.3 Å². The van der Waals surface area contributed by atoms with Crippen molar-refractivity contribution in [1.29, 1.82) is 0 Å². The van der Waals surface area contributed by atoms with Gasteiger partial charge in [0.15, 0.2) is 0 Å². The van der Waals surface area contributed by atoms with Gasteiger partial charge in [-0.05, 0) is 36.1 Å². The number of aryl methyl sites for hydroxylation is 1. The average Bonchev–Trinajstić information content (AvgIpc) is 2.58. The fourth-order valence-electron chi connectivity index (χ4n) is 2.13. The van der Waals surface area contributed by atoms with Crippen molar-refractivity contribution in [2.24, 2.45) is 0 Å². The highest BCUT2D eigenvalue weighted by atomic mass is 32.2. The summed E-state index contributed by atoms with van der Waals surface area (Å²) in [6.07, 6.45) is 1.66. The molecule has 0 saturated heterocycles. The predicted octanol–water partition coefficient (Wildman–Crippen LogP) is 1.79. The Kier molecular flexibility index (Phi) is 3.98. The number of carbonyl (C=O) groups is 1. The summed E-state index contributed by atoms with van der Waals surface area (Å²) in [7, 11) is 1.59. The third kappa shape index (κ3) is 2.70. The topological polar surface area (TPSA) is 66.8 Å². The molecule has 1 amide bonds. The average molecular weight is 269 g/mol. The molecule has 0 aliphatic carbocycles. The normalized spacial score (nSPS) is 16.7. The largest absolute Gasteiger partial charge is 0.497 e. The Morgan fingerprint density at radius 3 is 2.89 bits per heavy atom. The van der Waals surface area contributed by atoms with E-state index in [4.69, 9.17) is 9.29 Å². The molecule has 6 heteroatoms. The first-order chi connectivity index (χ1) is 8.61. The molecule has 1 aliphatic rings. The monoisotopic (exact) mass is 269 g/mol. The van der Waals surface area contributed by atoms with E-state index in [1.165, 1.54) is 4.90 Å². The third-order valence-electron chi connectivity index (χ3n) is 3.06. The Morgan fingerprint density at radius 2 is 2.22 bits per heavy atom. The lowest BCUT2D eigenvalue weighted by atomic mass is 10.0. The third-order valence-corrected chi connectivity index (χ3v) is 3.61. The van der Waals surface area contributed by atoms with Crippen LogP contribution < -0.4 is 4.74 Å².